The van der Waals surface area contributed by atoms with Gasteiger partial charge in [-0.1, -0.05) is 23.7 Å². The molecule has 1 amide bonds. The van der Waals surface area contributed by atoms with Crippen LogP contribution in [0.4, 0.5) is 5.69 Å². The maximum Gasteiger partial charge on any atom is 0.349 e. The van der Waals surface area contributed by atoms with E-state index in [1.165, 1.54) is 26.4 Å². The van der Waals surface area contributed by atoms with E-state index >= 15 is 0 Å². The Kier molecular flexibility index (Phi) is 7.43. The van der Waals surface area contributed by atoms with Crippen LogP contribution >= 0.6 is 11.6 Å². The number of hydrogen-bond donors (Lipinski definition) is 1. The molecular formula is C20H17ClN2O5. The quantitative estimate of drug-likeness (QED) is 0.434. The topological polar surface area (TPSA) is 97.6 Å². The highest BCUT2D eigenvalue weighted by molar-refractivity contribution is 6.32. The van der Waals surface area contributed by atoms with Crippen LogP contribution in [0.5, 0.6) is 11.5 Å². The first-order valence-corrected chi connectivity index (χ1v) is 8.41. The molecule has 0 aliphatic carbocycles. The van der Waals surface area contributed by atoms with Gasteiger partial charge in [0.2, 0.25) is 0 Å². The van der Waals surface area contributed by atoms with E-state index in [2.05, 4.69) is 5.32 Å². The molecule has 2 rings (SSSR count). The minimum Gasteiger partial charge on any atom is -0.497 e. The molecule has 0 spiro atoms. The van der Waals surface area contributed by atoms with Crippen LogP contribution in [0.3, 0.4) is 0 Å². The van der Waals surface area contributed by atoms with Crippen LogP contribution in [0, 0.1) is 11.3 Å². The van der Waals surface area contributed by atoms with E-state index in [1.807, 2.05) is 0 Å². The van der Waals surface area contributed by atoms with Crippen LogP contribution in [-0.4, -0.2) is 32.7 Å². The maximum absolute atomic E-state index is 12.1. The molecule has 0 radical (unpaired) electrons. The second-order valence-corrected chi connectivity index (χ2v) is 5.83. The lowest BCUT2D eigenvalue weighted by Crippen LogP contribution is -2.21. The van der Waals surface area contributed by atoms with Crippen molar-refractivity contribution in [2.24, 2.45) is 0 Å². The third-order valence-corrected chi connectivity index (χ3v) is 3.81. The summed E-state index contributed by atoms with van der Waals surface area (Å²) in [7, 11) is 2.99. The number of esters is 1. The third-order valence-electron chi connectivity index (χ3n) is 3.52. The summed E-state index contributed by atoms with van der Waals surface area (Å²) in [6, 6.07) is 13.3. The van der Waals surface area contributed by atoms with Gasteiger partial charge in [0.05, 0.1) is 19.2 Å². The second-order valence-electron chi connectivity index (χ2n) is 5.42. The molecule has 0 saturated heterocycles. The minimum absolute atomic E-state index is 0.242. The molecule has 7 nitrogen and oxygen atoms in total. The lowest BCUT2D eigenvalue weighted by Gasteiger charge is -2.08. The highest BCUT2D eigenvalue weighted by Crippen LogP contribution is 2.27. The van der Waals surface area contributed by atoms with Crippen molar-refractivity contribution < 1.29 is 23.8 Å². The number of halogens is 1. The molecule has 8 heteroatoms. The zero-order chi connectivity index (χ0) is 20.5. The first kappa shape index (κ1) is 20.8. The van der Waals surface area contributed by atoms with Gasteiger partial charge in [0.15, 0.2) is 6.61 Å². The van der Waals surface area contributed by atoms with E-state index in [0.29, 0.717) is 27.8 Å². The largest absolute Gasteiger partial charge is 0.497 e. The van der Waals surface area contributed by atoms with Gasteiger partial charge in [-0.2, -0.15) is 5.26 Å². The number of benzene rings is 2. The minimum atomic E-state index is -0.909. The maximum atomic E-state index is 12.1. The van der Waals surface area contributed by atoms with E-state index in [9.17, 15) is 14.9 Å². The average molecular weight is 401 g/mol. The van der Waals surface area contributed by atoms with Gasteiger partial charge in [0.1, 0.15) is 23.1 Å². The summed E-state index contributed by atoms with van der Waals surface area (Å²) in [5.41, 5.74) is 0.762. The number of ether oxygens (including phenoxy) is 3. The Morgan fingerprint density at radius 3 is 2.61 bits per heavy atom. The van der Waals surface area contributed by atoms with Gasteiger partial charge in [-0.3, -0.25) is 4.79 Å². The summed E-state index contributed by atoms with van der Waals surface area (Å²) in [6.45, 7) is -0.556. The SMILES string of the molecule is COc1cccc(/C=C(\C#N)C(=O)OCC(=O)Nc2ccc(OC)c(Cl)c2)c1. The molecule has 0 saturated carbocycles. The van der Waals surface area contributed by atoms with Crippen LogP contribution in [0.1, 0.15) is 5.56 Å². The lowest BCUT2D eigenvalue weighted by molar-refractivity contribution is -0.142. The molecule has 0 atom stereocenters. The van der Waals surface area contributed by atoms with Crippen molar-refractivity contribution >= 4 is 35.2 Å². The number of carbonyl (C=O) groups is 2. The molecule has 0 fully saturated rings. The van der Waals surface area contributed by atoms with Gasteiger partial charge in [-0.05, 0) is 42.0 Å². The van der Waals surface area contributed by atoms with Gasteiger partial charge in [0.25, 0.3) is 5.91 Å². The molecule has 0 bridgehead atoms. The number of anilines is 1. The fraction of sp³-hybridized carbons (Fsp3) is 0.150. The van der Waals surface area contributed by atoms with Gasteiger partial charge in [0, 0.05) is 5.69 Å². The number of nitrogens with zero attached hydrogens (tertiary/aromatic N) is 1. The monoisotopic (exact) mass is 400 g/mol. The summed E-state index contributed by atoms with van der Waals surface area (Å²) < 4.78 is 15.0. The third kappa shape index (κ3) is 5.76. The van der Waals surface area contributed by atoms with Crippen molar-refractivity contribution in [3.8, 4) is 17.6 Å². The van der Waals surface area contributed by atoms with E-state index < -0.39 is 18.5 Å². The Morgan fingerprint density at radius 1 is 1.18 bits per heavy atom. The Morgan fingerprint density at radius 2 is 1.96 bits per heavy atom. The molecule has 1 N–H and O–H groups in total. The van der Waals surface area contributed by atoms with Gasteiger partial charge in [-0.25, -0.2) is 4.79 Å². The summed E-state index contributed by atoms with van der Waals surface area (Å²) in [4.78, 5) is 24.0. The van der Waals surface area contributed by atoms with Crippen molar-refractivity contribution in [2.45, 2.75) is 0 Å². The standard InChI is InChI=1S/C20H17ClN2O5/c1-26-16-5-3-4-13(9-16)8-14(11-22)20(25)28-12-19(24)23-15-6-7-18(27-2)17(21)10-15/h3-10H,12H2,1-2H3,(H,23,24)/b14-8+. The highest BCUT2D eigenvalue weighted by Gasteiger charge is 2.14. The zero-order valence-corrected chi connectivity index (χ0v) is 15.9. The molecular weight excluding hydrogens is 384 g/mol. The first-order valence-electron chi connectivity index (χ1n) is 8.03. The van der Waals surface area contributed by atoms with Crippen molar-refractivity contribution in [1.29, 1.82) is 5.26 Å². The second kappa shape index (κ2) is 10.00. The number of nitrogens with one attached hydrogen (secondary N) is 1. The summed E-state index contributed by atoms with van der Waals surface area (Å²) in [6.07, 6.45) is 1.35. The molecule has 0 aliphatic heterocycles. The van der Waals surface area contributed by atoms with E-state index in [-0.39, 0.29) is 5.57 Å². The first-order chi connectivity index (χ1) is 13.5. The van der Waals surface area contributed by atoms with Gasteiger partial charge >= 0.3 is 5.97 Å². The van der Waals surface area contributed by atoms with Crippen LogP contribution in [-0.2, 0) is 14.3 Å². The number of hydrogen-bond acceptors (Lipinski definition) is 6. The molecule has 2 aromatic rings. The molecule has 144 valence electrons. The molecule has 0 aliphatic rings. The van der Waals surface area contributed by atoms with Crippen molar-refractivity contribution in [2.75, 3.05) is 26.1 Å². The van der Waals surface area contributed by atoms with Crippen molar-refractivity contribution in [1.82, 2.24) is 0 Å². The summed E-state index contributed by atoms with van der Waals surface area (Å²) >= 11 is 5.99. The average Bonchev–Trinajstić information content (AvgIpc) is 2.70. The molecule has 0 aromatic heterocycles. The normalized spacial score (nSPS) is 10.6. The van der Waals surface area contributed by atoms with Crippen molar-refractivity contribution in [3.63, 3.8) is 0 Å². The Bertz CT molecular complexity index is 950. The van der Waals surface area contributed by atoms with Crippen LogP contribution in [0.25, 0.3) is 6.08 Å². The summed E-state index contributed by atoms with van der Waals surface area (Å²) in [5.74, 6) is -0.439. The number of methoxy groups -OCH3 is 2. The molecule has 28 heavy (non-hydrogen) atoms. The lowest BCUT2D eigenvalue weighted by atomic mass is 10.1. The predicted octanol–water partition coefficient (Wildman–Crippen LogP) is 3.45. The van der Waals surface area contributed by atoms with E-state index in [0.717, 1.165) is 0 Å². The summed E-state index contributed by atoms with van der Waals surface area (Å²) in [5, 5.41) is 12.0. The van der Waals surface area contributed by atoms with Crippen molar-refractivity contribution in [3.05, 3.63) is 58.6 Å². The predicted molar refractivity (Wildman–Crippen MR) is 104 cm³/mol. The van der Waals surface area contributed by atoms with Gasteiger partial charge in [-0.15, -0.1) is 0 Å². The molecule has 0 heterocycles. The Balaban J connectivity index is 1.97. The number of carbonyl (C=O) groups excluding carboxylic acids is 2. The van der Waals surface area contributed by atoms with Gasteiger partial charge < -0.3 is 19.5 Å². The number of rotatable bonds is 7. The van der Waals surface area contributed by atoms with E-state index in [4.69, 9.17) is 25.8 Å². The van der Waals surface area contributed by atoms with Crippen LogP contribution in [0.2, 0.25) is 5.02 Å². The van der Waals surface area contributed by atoms with Crippen LogP contribution < -0.4 is 14.8 Å². The molecule has 2 aromatic carbocycles. The highest BCUT2D eigenvalue weighted by atomic mass is 35.5. The fourth-order valence-electron chi connectivity index (χ4n) is 2.18. The smallest absolute Gasteiger partial charge is 0.349 e. The number of amides is 1. The number of nitriles is 1. The Labute approximate surface area is 167 Å². The zero-order valence-electron chi connectivity index (χ0n) is 15.2. The van der Waals surface area contributed by atoms with E-state index in [1.54, 1.807) is 42.5 Å². The Hall–Kier alpha value is -3.50. The molecule has 0 unspecified atom stereocenters. The fourth-order valence-corrected chi connectivity index (χ4v) is 2.44. The van der Waals surface area contributed by atoms with Crippen LogP contribution in [0.15, 0.2) is 48.0 Å².